The molecule has 0 aromatic carbocycles. The summed E-state index contributed by atoms with van der Waals surface area (Å²) in [6.07, 6.45) is 8.87. The minimum atomic E-state index is 0.833. The zero-order valence-electron chi connectivity index (χ0n) is 11.8. The molecule has 0 saturated heterocycles. The normalized spacial score (nSPS) is 16.9. The molecular weight excluding hydrogens is 236 g/mol. The maximum atomic E-state index is 4.50. The van der Waals surface area contributed by atoms with Gasteiger partial charge in [0, 0.05) is 19.0 Å². The Morgan fingerprint density at radius 1 is 1.32 bits per heavy atom. The maximum absolute atomic E-state index is 4.50. The summed E-state index contributed by atoms with van der Waals surface area (Å²) in [4.78, 5) is 4.50. The second-order valence-electron chi connectivity index (χ2n) is 5.69. The summed E-state index contributed by atoms with van der Waals surface area (Å²) < 4.78 is 1.84. The lowest BCUT2D eigenvalue weighted by Gasteiger charge is -2.22. The van der Waals surface area contributed by atoms with Crippen molar-refractivity contribution in [2.45, 2.75) is 39.0 Å². The Kier molecular flexibility index (Phi) is 3.40. The van der Waals surface area contributed by atoms with Crippen molar-refractivity contribution in [3.05, 3.63) is 18.0 Å². The van der Waals surface area contributed by atoms with E-state index >= 15 is 0 Å². The van der Waals surface area contributed by atoms with Gasteiger partial charge in [-0.1, -0.05) is 19.3 Å². The van der Waals surface area contributed by atoms with Crippen molar-refractivity contribution in [3.8, 4) is 0 Å². The molecule has 0 radical (unpaired) electrons. The van der Waals surface area contributed by atoms with Crippen molar-refractivity contribution >= 4 is 16.7 Å². The van der Waals surface area contributed by atoms with Crippen LogP contribution in [0.5, 0.6) is 0 Å². The molecule has 0 aliphatic heterocycles. The van der Waals surface area contributed by atoms with Crippen LogP contribution >= 0.6 is 0 Å². The molecule has 0 unspecified atom stereocenters. The van der Waals surface area contributed by atoms with E-state index in [1.54, 1.807) is 0 Å². The zero-order chi connectivity index (χ0) is 13.2. The Balaban J connectivity index is 1.72. The number of fused-ring (bicyclic) bond motifs is 1. The first-order chi connectivity index (χ1) is 9.24. The van der Waals surface area contributed by atoms with Crippen molar-refractivity contribution in [1.29, 1.82) is 0 Å². The van der Waals surface area contributed by atoms with Gasteiger partial charge in [-0.2, -0.15) is 5.10 Å². The number of aryl methyl sites for hydroxylation is 2. The van der Waals surface area contributed by atoms with E-state index in [2.05, 4.69) is 21.5 Å². The maximum Gasteiger partial charge on any atom is 0.157 e. The van der Waals surface area contributed by atoms with Crippen LogP contribution < -0.4 is 5.32 Å². The highest BCUT2D eigenvalue weighted by molar-refractivity contribution is 5.81. The predicted molar refractivity (Wildman–Crippen MR) is 78.3 cm³/mol. The van der Waals surface area contributed by atoms with E-state index < -0.39 is 0 Å². The first-order valence-electron chi connectivity index (χ1n) is 7.27. The number of hydrogen-bond acceptors (Lipinski definition) is 3. The van der Waals surface area contributed by atoms with Crippen molar-refractivity contribution in [2.24, 2.45) is 13.0 Å². The average molecular weight is 258 g/mol. The van der Waals surface area contributed by atoms with Crippen LogP contribution in [-0.2, 0) is 7.05 Å². The van der Waals surface area contributed by atoms with E-state index in [0.29, 0.717) is 0 Å². The number of anilines is 1. The molecule has 19 heavy (non-hydrogen) atoms. The van der Waals surface area contributed by atoms with E-state index in [9.17, 15) is 0 Å². The molecule has 3 rings (SSSR count). The Morgan fingerprint density at radius 3 is 2.89 bits per heavy atom. The minimum Gasteiger partial charge on any atom is -0.384 e. The standard InChI is InChI=1S/C15H22N4/c1-11-14-8-13(10-17-15(14)19(2)18-11)16-9-12-6-4-3-5-7-12/h8,10,12,16H,3-7,9H2,1-2H3. The summed E-state index contributed by atoms with van der Waals surface area (Å²) in [5.41, 5.74) is 3.13. The summed E-state index contributed by atoms with van der Waals surface area (Å²) in [6, 6.07) is 2.17. The van der Waals surface area contributed by atoms with Gasteiger partial charge in [-0.15, -0.1) is 0 Å². The number of rotatable bonds is 3. The van der Waals surface area contributed by atoms with Gasteiger partial charge in [0.2, 0.25) is 0 Å². The van der Waals surface area contributed by atoms with Crippen LogP contribution in [0.4, 0.5) is 5.69 Å². The molecule has 0 atom stereocenters. The van der Waals surface area contributed by atoms with Crippen LogP contribution in [0.15, 0.2) is 12.3 Å². The number of pyridine rings is 1. The average Bonchev–Trinajstić information content (AvgIpc) is 2.73. The van der Waals surface area contributed by atoms with Gasteiger partial charge in [0.25, 0.3) is 0 Å². The molecule has 0 bridgehead atoms. The third-order valence-electron chi connectivity index (χ3n) is 4.18. The highest BCUT2D eigenvalue weighted by Crippen LogP contribution is 2.25. The molecule has 1 aliphatic rings. The van der Waals surface area contributed by atoms with Gasteiger partial charge in [-0.25, -0.2) is 4.98 Å². The molecule has 0 spiro atoms. The van der Waals surface area contributed by atoms with Gasteiger partial charge >= 0.3 is 0 Å². The Morgan fingerprint density at radius 2 is 2.11 bits per heavy atom. The molecule has 4 nitrogen and oxygen atoms in total. The third-order valence-corrected chi connectivity index (χ3v) is 4.18. The minimum absolute atomic E-state index is 0.833. The van der Waals surface area contributed by atoms with Gasteiger partial charge in [0.15, 0.2) is 5.65 Å². The van der Waals surface area contributed by atoms with Crippen LogP contribution in [0.3, 0.4) is 0 Å². The van der Waals surface area contributed by atoms with Crippen LogP contribution in [0.2, 0.25) is 0 Å². The first-order valence-corrected chi connectivity index (χ1v) is 7.27. The number of nitrogens with zero attached hydrogens (tertiary/aromatic N) is 3. The summed E-state index contributed by atoms with van der Waals surface area (Å²) in [5, 5.41) is 9.10. The fourth-order valence-corrected chi connectivity index (χ4v) is 3.06. The third kappa shape index (κ3) is 2.57. The van der Waals surface area contributed by atoms with E-state index in [4.69, 9.17) is 0 Å². The molecule has 102 valence electrons. The lowest BCUT2D eigenvalue weighted by Crippen LogP contribution is -2.17. The molecular formula is C15H22N4. The molecule has 1 N–H and O–H groups in total. The fourth-order valence-electron chi connectivity index (χ4n) is 3.06. The SMILES string of the molecule is Cc1nn(C)c2ncc(NCC3CCCCC3)cc12. The van der Waals surface area contributed by atoms with E-state index in [1.165, 1.54) is 32.1 Å². The van der Waals surface area contributed by atoms with Gasteiger partial charge < -0.3 is 5.32 Å². The smallest absolute Gasteiger partial charge is 0.157 e. The molecule has 1 saturated carbocycles. The van der Waals surface area contributed by atoms with E-state index in [0.717, 1.165) is 34.9 Å². The van der Waals surface area contributed by atoms with Gasteiger partial charge in [-0.05, 0) is 31.7 Å². The van der Waals surface area contributed by atoms with E-state index in [-0.39, 0.29) is 0 Å². The summed E-state index contributed by atoms with van der Waals surface area (Å²) >= 11 is 0. The van der Waals surface area contributed by atoms with Crippen molar-refractivity contribution < 1.29 is 0 Å². The number of aromatic nitrogens is 3. The number of nitrogens with one attached hydrogen (secondary N) is 1. The quantitative estimate of drug-likeness (QED) is 0.918. The van der Waals surface area contributed by atoms with Crippen LogP contribution in [0.1, 0.15) is 37.8 Å². The lowest BCUT2D eigenvalue weighted by atomic mass is 9.89. The summed E-state index contributed by atoms with van der Waals surface area (Å²) in [7, 11) is 1.94. The second-order valence-corrected chi connectivity index (χ2v) is 5.69. The topological polar surface area (TPSA) is 42.7 Å². The summed E-state index contributed by atoms with van der Waals surface area (Å²) in [5.74, 6) is 0.833. The zero-order valence-corrected chi connectivity index (χ0v) is 11.8. The molecule has 0 amide bonds. The molecule has 1 fully saturated rings. The fraction of sp³-hybridized carbons (Fsp3) is 0.600. The Bertz CT molecular complexity index is 567. The molecule has 2 aromatic heterocycles. The molecule has 2 aromatic rings. The largest absolute Gasteiger partial charge is 0.384 e. The van der Waals surface area contributed by atoms with E-state index in [1.807, 2.05) is 24.9 Å². The first kappa shape index (κ1) is 12.5. The summed E-state index contributed by atoms with van der Waals surface area (Å²) in [6.45, 7) is 3.11. The molecule has 2 heterocycles. The van der Waals surface area contributed by atoms with Gasteiger partial charge in [0.05, 0.1) is 17.6 Å². The highest BCUT2D eigenvalue weighted by Gasteiger charge is 2.13. The van der Waals surface area contributed by atoms with Crippen LogP contribution in [0, 0.1) is 12.8 Å². The highest BCUT2D eigenvalue weighted by atomic mass is 15.3. The van der Waals surface area contributed by atoms with Crippen molar-refractivity contribution in [3.63, 3.8) is 0 Å². The number of hydrogen-bond donors (Lipinski definition) is 1. The Hall–Kier alpha value is -1.58. The second kappa shape index (κ2) is 5.19. The molecule has 1 aliphatic carbocycles. The van der Waals surface area contributed by atoms with Gasteiger partial charge in [-0.3, -0.25) is 4.68 Å². The van der Waals surface area contributed by atoms with Crippen LogP contribution in [0.25, 0.3) is 11.0 Å². The van der Waals surface area contributed by atoms with Crippen LogP contribution in [-0.4, -0.2) is 21.3 Å². The molecule has 4 heteroatoms. The van der Waals surface area contributed by atoms with Crippen molar-refractivity contribution in [1.82, 2.24) is 14.8 Å². The van der Waals surface area contributed by atoms with Crippen molar-refractivity contribution in [2.75, 3.05) is 11.9 Å². The lowest BCUT2D eigenvalue weighted by molar-refractivity contribution is 0.373. The van der Waals surface area contributed by atoms with Gasteiger partial charge in [0.1, 0.15) is 0 Å². The monoisotopic (exact) mass is 258 g/mol. The predicted octanol–water partition coefficient (Wildman–Crippen LogP) is 3.27. The Labute approximate surface area is 114 Å².